The summed E-state index contributed by atoms with van der Waals surface area (Å²) in [6.07, 6.45) is 0. The summed E-state index contributed by atoms with van der Waals surface area (Å²) in [4.78, 5) is 14.3. The van der Waals surface area contributed by atoms with Crippen molar-refractivity contribution in [1.29, 1.82) is 0 Å². The summed E-state index contributed by atoms with van der Waals surface area (Å²) in [5, 5.41) is 3.72. The fraction of sp³-hybridized carbons (Fsp3) is 0.545. The van der Waals surface area contributed by atoms with E-state index in [1.54, 1.807) is 7.11 Å². The zero-order chi connectivity index (χ0) is 12.8. The summed E-state index contributed by atoms with van der Waals surface area (Å²) >= 11 is 1.40. The Hall–Kier alpha value is -1.27. The Morgan fingerprint density at radius 1 is 1.65 bits per heavy atom. The van der Waals surface area contributed by atoms with Crippen LogP contribution in [0.3, 0.4) is 0 Å². The van der Waals surface area contributed by atoms with Crippen molar-refractivity contribution in [3.63, 3.8) is 0 Å². The lowest BCUT2D eigenvalue weighted by atomic mass is 10.3. The number of hydrogen-bond donors (Lipinski definition) is 2. The predicted octanol–water partition coefficient (Wildman–Crippen LogP) is 1.16. The van der Waals surface area contributed by atoms with E-state index < -0.39 is 0 Å². The molecule has 0 saturated heterocycles. The van der Waals surface area contributed by atoms with Crippen molar-refractivity contribution in [3.8, 4) is 0 Å². The Labute approximate surface area is 106 Å². The number of anilines is 2. The first kappa shape index (κ1) is 13.8. The van der Waals surface area contributed by atoms with Crippen LogP contribution in [0.25, 0.3) is 0 Å². The highest BCUT2D eigenvalue weighted by Gasteiger charge is 2.15. The van der Waals surface area contributed by atoms with E-state index in [1.165, 1.54) is 11.3 Å². The third kappa shape index (κ3) is 3.61. The van der Waals surface area contributed by atoms with Crippen molar-refractivity contribution >= 4 is 27.9 Å². The molecule has 1 amide bonds. The average Bonchev–Trinajstić information content (AvgIpc) is 2.68. The predicted molar refractivity (Wildman–Crippen MR) is 71.9 cm³/mol. The summed E-state index contributed by atoms with van der Waals surface area (Å²) in [7, 11) is 3.61. The van der Waals surface area contributed by atoms with Crippen LogP contribution in [0.15, 0.2) is 6.07 Å². The van der Waals surface area contributed by atoms with Gasteiger partial charge in [0, 0.05) is 27.2 Å². The number of nitrogen functional groups attached to an aromatic ring is 1. The maximum atomic E-state index is 11.7. The molecular weight excluding hydrogens is 238 g/mol. The number of amides is 1. The number of rotatable bonds is 6. The van der Waals surface area contributed by atoms with Gasteiger partial charge < -0.3 is 20.7 Å². The molecule has 0 aromatic carbocycles. The number of methoxy groups -OCH3 is 1. The van der Waals surface area contributed by atoms with Gasteiger partial charge in [0.15, 0.2) is 0 Å². The number of carbonyl (C=O) groups is 1. The zero-order valence-electron chi connectivity index (χ0n) is 10.4. The van der Waals surface area contributed by atoms with Gasteiger partial charge in [-0.1, -0.05) is 0 Å². The molecule has 96 valence electrons. The van der Waals surface area contributed by atoms with Crippen LogP contribution >= 0.6 is 11.3 Å². The molecule has 0 aliphatic heterocycles. The highest BCUT2D eigenvalue weighted by atomic mass is 32.1. The van der Waals surface area contributed by atoms with E-state index in [0.29, 0.717) is 23.7 Å². The van der Waals surface area contributed by atoms with E-state index in [-0.39, 0.29) is 5.91 Å². The molecule has 1 aromatic heterocycles. The Balaban J connectivity index is 2.76. The molecule has 0 unspecified atom stereocenters. The van der Waals surface area contributed by atoms with Gasteiger partial charge in [0.1, 0.15) is 4.88 Å². The number of thiophene rings is 1. The normalized spacial score (nSPS) is 10.3. The van der Waals surface area contributed by atoms with Crippen LogP contribution in [0, 0.1) is 0 Å². The van der Waals surface area contributed by atoms with Crippen LogP contribution < -0.4 is 16.0 Å². The lowest BCUT2D eigenvalue weighted by molar-refractivity contribution is 0.0960. The Kier molecular flexibility index (Phi) is 5.24. The third-order valence-corrected chi connectivity index (χ3v) is 3.56. The van der Waals surface area contributed by atoms with E-state index in [2.05, 4.69) is 5.32 Å². The number of nitrogens with zero attached hydrogens (tertiary/aromatic N) is 1. The summed E-state index contributed by atoms with van der Waals surface area (Å²) in [5.74, 6) is -0.110. The maximum Gasteiger partial charge on any atom is 0.263 e. The number of likely N-dealkylation sites (N-methyl/N-ethyl adjacent to an activating group) is 1. The summed E-state index contributed by atoms with van der Waals surface area (Å²) < 4.78 is 5.01. The van der Waals surface area contributed by atoms with Gasteiger partial charge in [0.25, 0.3) is 5.91 Å². The first-order valence-corrected chi connectivity index (χ1v) is 6.29. The number of carbonyl (C=O) groups excluding carboxylic acids is 1. The average molecular weight is 257 g/mol. The summed E-state index contributed by atoms with van der Waals surface area (Å²) in [6, 6.07) is 1.82. The van der Waals surface area contributed by atoms with E-state index in [1.807, 2.05) is 24.9 Å². The van der Waals surface area contributed by atoms with Crippen LogP contribution in [-0.2, 0) is 4.74 Å². The first-order valence-electron chi connectivity index (χ1n) is 5.47. The molecule has 0 spiro atoms. The van der Waals surface area contributed by atoms with Gasteiger partial charge in [-0.2, -0.15) is 0 Å². The van der Waals surface area contributed by atoms with Crippen LogP contribution in [0.4, 0.5) is 10.7 Å². The molecule has 1 aromatic rings. The van der Waals surface area contributed by atoms with Crippen LogP contribution in [0.5, 0.6) is 0 Å². The van der Waals surface area contributed by atoms with E-state index in [0.717, 1.165) is 11.5 Å². The van der Waals surface area contributed by atoms with E-state index >= 15 is 0 Å². The first-order chi connectivity index (χ1) is 8.10. The van der Waals surface area contributed by atoms with Crippen molar-refractivity contribution in [2.24, 2.45) is 0 Å². The molecule has 0 saturated carbocycles. The molecule has 0 aliphatic rings. The fourth-order valence-electron chi connectivity index (χ4n) is 1.34. The molecule has 0 aliphatic carbocycles. The van der Waals surface area contributed by atoms with Crippen molar-refractivity contribution in [3.05, 3.63) is 10.9 Å². The molecule has 1 heterocycles. The van der Waals surface area contributed by atoms with Crippen LogP contribution in [0.2, 0.25) is 0 Å². The minimum absolute atomic E-state index is 0.110. The molecule has 3 N–H and O–H groups in total. The second kappa shape index (κ2) is 6.46. The smallest absolute Gasteiger partial charge is 0.263 e. The molecular formula is C11H19N3O2S. The molecule has 0 fully saturated rings. The lowest BCUT2D eigenvalue weighted by Crippen LogP contribution is -2.22. The zero-order valence-corrected chi connectivity index (χ0v) is 11.3. The molecule has 5 nitrogen and oxygen atoms in total. The highest BCUT2D eigenvalue weighted by molar-refractivity contribution is 7.18. The largest absolute Gasteiger partial charge is 0.397 e. The van der Waals surface area contributed by atoms with Crippen molar-refractivity contribution in [2.75, 3.05) is 44.5 Å². The molecule has 17 heavy (non-hydrogen) atoms. The number of nitrogens with one attached hydrogen (secondary N) is 1. The SMILES string of the molecule is CCNC(=O)c1sc(N(C)CCOC)cc1N. The van der Waals surface area contributed by atoms with Gasteiger partial charge >= 0.3 is 0 Å². The Bertz CT molecular complexity index is 379. The van der Waals surface area contributed by atoms with Gasteiger partial charge in [-0.15, -0.1) is 11.3 Å². The molecule has 0 atom stereocenters. The fourth-order valence-corrected chi connectivity index (χ4v) is 2.32. The molecule has 1 rings (SSSR count). The van der Waals surface area contributed by atoms with Crippen molar-refractivity contribution in [2.45, 2.75) is 6.92 Å². The van der Waals surface area contributed by atoms with Crippen LogP contribution in [-0.4, -0.2) is 39.8 Å². The second-order valence-electron chi connectivity index (χ2n) is 3.64. The number of ether oxygens (including phenoxy) is 1. The van der Waals surface area contributed by atoms with Gasteiger partial charge in [-0.25, -0.2) is 0 Å². The van der Waals surface area contributed by atoms with Crippen molar-refractivity contribution in [1.82, 2.24) is 5.32 Å². The number of hydrogen-bond acceptors (Lipinski definition) is 5. The lowest BCUT2D eigenvalue weighted by Gasteiger charge is -2.15. The molecule has 0 radical (unpaired) electrons. The second-order valence-corrected chi connectivity index (χ2v) is 4.67. The minimum Gasteiger partial charge on any atom is -0.397 e. The van der Waals surface area contributed by atoms with Gasteiger partial charge in [0.05, 0.1) is 17.3 Å². The maximum absolute atomic E-state index is 11.7. The monoisotopic (exact) mass is 257 g/mol. The quantitative estimate of drug-likeness (QED) is 0.802. The standard InChI is InChI=1S/C11H19N3O2S/c1-4-13-11(15)10-8(12)7-9(17-10)14(2)5-6-16-3/h7H,4-6,12H2,1-3H3,(H,13,15). The van der Waals surface area contributed by atoms with Gasteiger partial charge in [-0.05, 0) is 13.0 Å². The molecule has 6 heteroatoms. The van der Waals surface area contributed by atoms with E-state index in [4.69, 9.17) is 10.5 Å². The highest BCUT2D eigenvalue weighted by Crippen LogP contribution is 2.31. The summed E-state index contributed by atoms with van der Waals surface area (Å²) in [5.41, 5.74) is 6.36. The summed E-state index contributed by atoms with van der Waals surface area (Å²) in [6.45, 7) is 3.90. The molecule has 0 bridgehead atoms. The van der Waals surface area contributed by atoms with E-state index in [9.17, 15) is 4.79 Å². The Morgan fingerprint density at radius 2 is 2.35 bits per heavy atom. The number of nitrogens with two attached hydrogens (primary N) is 1. The Morgan fingerprint density at radius 3 is 2.94 bits per heavy atom. The third-order valence-electron chi connectivity index (χ3n) is 2.30. The van der Waals surface area contributed by atoms with Crippen LogP contribution in [0.1, 0.15) is 16.6 Å². The minimum atomic E-state index is -0.110. The topological polar surface area (TPSA) is 67.6 Å². The van der Waals surface area contributed by atoms with Crippen molar-refractivity contribution < 1.29 is 9.53 Å². The van der Waals surface area contributed by atoms with Gasteiger partial charge in [0.2, 0.25) is 0 Å². The van der Waals surface area contributed by atoms with Gasteiger partial charge in [-0.3, -0.25) is 4.79 Å².